The molecule has 1 aliphatic carbocycles. The van der Waals surface area contributed by atoms with Gasteiger partial charge in [0.2, 0.25) is 5.91 Å². The van der Waals surface area contributed by atoms with Crippen molar-refractivity contribution in [2.45, 2.75) is 57.5 Å². The van der Waals surface area contributed by atoms with Gasteiger partial charge in [0, 0.05) is 25.1 Å². The number of nitrogens with zero attached hydrogens (tertiary/aromatic N) is 5. The maximum absolute atomic E-state index is 12.5. The topological polar surface area (TPSA) is 77.0 Å². The molecule has 23 heavy (non-hydrogen) atoms. The first kappa shape index (κ1) is 14.4. The highest BCUT2D eigenvalue weighted by Gasteiger charge is 2.33. The van der Waals surface area contributed by atoms with Gasteiger partial charge in [0.05, 0.1) is 18.2 Å². The SMILES string of the molecule is CC1c2nnc(C3CCCC3)n2CCN1C(=O)Cc1ccon1. The highest BCUT2D eigenvalue weighted by Crippen LogP contribution is 2.35. The van der Waals surface area contributed by atoms with Crippen LogP contribution < -0.4 is 0 Å². The molecule has 1 saturated carbocycles. The van der Waals surface area contributed by atoms with E-state index in [4.69, 9.17) is 4.52 Å². The molecule has 0 saturated heterocycles. The van der Waals surface area contributed by atoms with Crippen LogP contribution in [0.5, 0.6) is 0 Å². The second kappa shape index (κ2) is 5.79. The van der Waals surface area contributed by atoms with Crippen molar-refractivity contribution in [1.29, 1.82) is 0 Å². The number of aromatic nitrogens is 4. The Morgan fingerprint density at radius 2 is 2.04 bits per heavy atom. The molecule has 0 spiro atoms. The van der Waals surface area contributed by atoms with Gasteiger partial charge in [-0.05, 0) is 19.8 Å². The molecule has 3 heterocycles. The van der Waals surface area contributed by atoms with Crippen LogP contribution in [-0.2, 0) is 17.8 Å². The summed E-state index contributed by atoms with van der Waals surface area (Å²) in [7, 11) is 0. The smallest absolute Gasteiger partial charge is 0.229 e. The van der Waals surface area contributed by atoms with Crippen LogP contribution in [0.25, 0.3) is 0 Å². The number of rotatable bonds is 3. The maximum atomic E-state index is 12.5. The predicted octanol–water partition coefficient (Wildman–Crippen LogP) is 2.07. The highest BCUT2D eigenvalue weighted by atomic mass is 16.5. The zero-order valence-electron chi connectivity index (χ0n) is 13.3. The van der Waals surface area contributed by atoms with Crippen LogP contribution in [0.4, 0.5) is 0 Å². The number of amides is 1. The molecule has 2 aromatic rings. The summed E-state index contributed by atoms with van der Waals surface area (Å²) in [5, 5.41) is 12.7. The Kier molecular flexibility index (Phi) is 3.63. The molecule has 0 aromatic carbocycles. The van der Waals surface area contributed by atoms with Crippen molar-refractivity contribution in [1.82, 2.24) is 24.8 Å². The van der Waals surface area contributed by atoms with E-state index >= 15 is 0 Å². The van der Waals surface area contributed by atoms with Gasteiger partial charge in [-0.15, -0.1) is 10.2 Å². The molecule has 1 unspecified atom stereocenters. The molecule has 7 heteroatoms. The van der Waals surface area contributed by atoms with Crippen LogP contribution in [0.2, 0.25) is 0 Å². The average molecular weight is 315 g/mol. The van der Waals surface area contributed by atoms with Crippen molar-refractivity contribution in [3.8, 4) is 0 Å². The summed E-state index contributed by atoms with van der Waals surface area (Å²) in [4.78, 5) is 14.4. The molecule has 4 rings (SSSR count). The second-order valence-corrected chi connectivity index (χ2v) is 6.48. The van der Waals surface area contributed by atoms with E-state index in [0.717, 1.165) is 18.2 Å². The van der Waals surface area contributed by atoms with Gasteiger partial charge >= 0.3 is 0 Å². The first-order valence-corrected chi connectivity index (χ1v) is 8.36. The van der Waals surface area contributed by atoms with E-state index in [0.29, 0.717) is 18.2 Å². The van der Waals surface area contributed by atoms with Crippen LogP contribution in [0.3, 0.4) is 0 Å². The number of fused-ring (bicyclic) bond motifs is 1. The molecular formula is C16H21N5O2. The van der Waals surface area contributed by atoms with E-state index in [9.17, 15) is 4.79 Å². The Balaban J connectivity index is 1.53. The van der Waals surface area contributed by atoms with Crippen LogP contribution in [0.15, 0.2) is 16.9 Å². The van der Waals surface area contributed by atoms with Gasteiger partial charge in [-0.2, -0.15) is 0 Å². The molecule has 122 valence electrons. The van der Waals surface area contributed by atoms with Gasteiger partial charge in [0.1, 0.15) is 12.1 Å². The van der Waals surface area contributed by atoms with E-state index in [1.54, 1.807) is 6.07 Å². The van der Waals surface area contributed by atoms with E-state index in [-0.39, 0.29) is 18.4 Å². The molecule has 1 amide bonds. The first-order chi connectivity index (χ1) is 11.2. The van der Waals surface area contributed by atoms with Gasteiger partial charge in [0.15, 0.2) is 5.82 Å². The van der Waals surface area contributed by atoms with Crippen molar-refractivity contribution >= 4 is 5.91 Å². The molecular weight excluding hydrogens is 294 g/mol. The lowest BCUT2D eigenvalue weighted by atomic mass is 10.1. The van der Waals surface area contributed by atoms with Gasteiger partial charge in [-0.3, -0.25) is 4.79 Å². The Bertz CT molecular complexity index is 687. The molecule has 0 radical (unpaired) electrons. The van der Waals surface area contributed by atoms with Crippen molar-refractivity contribution in [3.63, 3.8) is 0 Å². The van der Waals surface area contributed by atoms with Crippen molar-refractivity contribution in [3.05, 3.63) is 29.7 Å². The monoisotopic (exact) mass is 315 g/mol. The average Bonchev–Trinajstić information content (AvgIpc) is 3.28. The number of carbonyl (C=O) groups is 1. The van der Waals surface area contributed by atoms with Gasteiger partial charge < -0.3 is 14.0 Å². The summed E-state index contributed by atoms with van der Waals surface area (Å²) < 4.78 is 7.04. The Morgan fingerprint density at radius 3 is 2.78 bits per heavy atom. The van der Waals surface area contributed by atoms with Gasteiger partial charge in [-0.25, -0.2) is 0 Å². The zero-order chi connectivity index (χ0) is 15.8. The fraction of sp³-hybridized carbons (Fsp3) is 0.625. The fourth-order valence-corrected chi connectivity index (χ4v) is 3.82. The third kappa shape index (κ3) is 2.54. The summed E-state index contributed by atoms with van der Waals surface area (Å²) in [6.07, 6.45) is 6.75. The van der Waals surface area contributed by atoms with E-state index < -0.39 is 0 Å². The lowest BCUT2D eigenvalue weighted by Gasteiger charge is -2.34. The van der Waals surface area contributed by atoms with Gasteiger partial charge in [-0.1, -0.05) is 18.0 Å². The molecule has 2 aromatic heterocycles. The summed E-state index contributed by atoms with van der Waals surface area (Å²) in [6, 6.07) is 1.68. The molecule has 1 atom stereocenters. The fourth-order valence-electron chi connectivity index (χ4n) is 3.82. The van der Waals surface area contributed by atoms with Crippen LogP contribution in [-0.4, -0.2) is 37.3 Å². The normalized spacial score (nSPS) is 21.6. The van der Waals surface area contributed by atoms with Crippen LogP contribution >= 0.6 is 0 Å². The molecule has 7 nitrogen and oxygen atoms in total. The maximum Gasteiger partial charge on any atom is 0.229 e. The minimum atomic E-state index is -0.0502. The predicted molar refractivity (Wildman–Crippen MR) is 81.6 cm³/mol. The molecule has 1 fully saturated rings. The Morgan fingerprint density at radius 1 is 1.26 bits per heavy atom. The lowest BCUT2D eigenvalue weighted by Crippen LogP contribution is -2.42. The van der Waals surface area contributed by atoms with E-state index in [1.807, 2.05) is 11.8 Å². The van der Waals surface area contributed by atoms with Crippen LogP contribution in [0, 0.1) is 0 Å². The lowest BCUT2D eigenvalue weighted by molar-refractivity contribution is -0.133. The molecule has 1 aliphatic heterocycles. The quantitative estimate of drug-likeness (QED) is 0.866. The van der Waals surface area contributed by atoms with Gasteiger partial charge in [0.25, 0.3) is 0 Å². The summed E-state index contributed by atoms with van der Waals surface area (Å²) in [6.45, 7) is 3.50. The first-order valence-electron chi connectivity index (χ1n) is 8.36. The third-order valence-electron chi connectivity index (χ3n) is 5.08. The van der Waals surface area contributed by atoms with Crippen molar-refractivity contribution < 1.29 is 9.32 Å². The zero-order valence-corrected chi connectivity index (χ0v) is 13.3. The third-order valence-corrected chi connectivity index (χ3v) is 5.08. The van der Waals surface area contributed by atoms with Crippen molar-refractivity contribution in [2.24, 2.45) is 0 Å². The summed E-state index contributed by atoms with van der Waals surface area (Å²) in [5.74, 6) is 2.63. The summed E-state index contributed by atoms with van der Waals surface area (Å²) in [5.41, 5.74) is 0.667. The minimum absolute atomic E-state index is 0.0502. The van der Waals surface area contributed by atoms with E-state index in [1.165, 1.54) is 31.9 Å². The largest absolute Gasteiger partial charge is 0.364 e. The molecule has 0 bridgehead atoms. The van der Waals surface area contributed by atoms with Crippen LogP contribution in [0.1, 0.15) is 61.9 Å². The second-order valence-electron chi connectivity index (χ2n) is 6.48. The molecule has 2 aliphatic rings. The number of hydrogen-bond acceptors (Lipinski definition) is 5. The van der Waals surface area contributed by atoms with Crippen molar-refractivity contribution in [2.75, 3.05) is 6.54 Å². The van der Waals surface area contributed by atoms with E-state index in [2.05, 4.69) is 19.9 Å². The standard InChI is InChI=1S/C16H21N5O2/c1-11-15-17-18-16(12-4-2-3-5-12)21(15)8-7-20(11)14(22)10-13-6-9-23-19-13/h6,9,11-12H,2-5,7-8,10H2,1H3. The number of hydrogen-bond donors (Lipinski definition) is 0. The Hall–Kier alpha value is -2.18. The highest BCUT2D eigenvalue weighted by molar-refractivity contribution is 5.78. The summed E-state index contributed by atoms with van der Waals surface area (Å²) >= 11 is 0. The molecule has 0 N–H and O–H groups in total. The minimum Gasteiger partial charge on any atom is -0.364 e. The number of carbonyl (C=O) groups excluding carboxylic acids is 1. The Labute approximate surface area is 134 Å².